The molecule has 1 aromatic heterocycles. The lowest BCUT2D eigenvalue weighted by Gasteiger charge is -2.19. The van der Waals surface area contributed by atoms with Gasteiger partial charge in [0.15, 0.2) is 10.9 Å². The SMILES string of the molecule is COC=O.CSc1nc(Cl)cc(C(=O)C2CCCCC2)n1. The van der Waals surface area contributed by atoms with E-state index in [1.807, 2.05) is 6.26 Å². The van der Waals surface area contributed by atoms with Crippen LogP contribution in [0.5, 0.6) is 0 Å². The van der Waals surface area contributed by atoms with E-state index in [1.165, 1.54) is 25.3 Å². The quantitative estimate of drug-likeness (QED) is 0.277. The number of hydrogen-bond acceptors (Lipinski definition) is 6. The van der Waals surface area contributed by atoms with Gasteiger partial charge in [-0.1, -0.05) is 42.6 Å². The van der Waals surface area contributed by atoms with Crippen LogP contribution in [0, 0.1) is 5.92 Å². The summed E-state index contributed by atoms with van der Waals surface area (Å²) in [7, 11) is 1.31. The van der Waals surface area contributed by atoms with Crippen LogP contribution in [0.3, 0.4) is 0 Å². The molecule has 2 rings (SSSR count). The number of rotatable bonds is 4. The van der Waals surface area contributed by atoms with E-state index in [9.17, 15) is 4.79 Å². The molecular weight excluding hydrogens is 312 g/mol. The van der Waals surface area contributed by atoms with Gasteiger partial charge in [0.05, 0.1) is 7.11 Å². The number of methoxy groups -OCH3 is 1. The van der Waals surface area contributed by atoms with Crippen molar-refractivity contribution in [2.24, 2.45) is 5.92 Å². The zero-order valence-corrected chi connectivity index (χ0v) is 13.7. The van der Waals surface area contributed by atoms with Gasteiger partial charge in [0.25, 0.3) is 6.47 Å². The molecule has 1 aromatic rings. The molecule has 0 bridgehead atoms. The Morgan fingerprint density at radius 3 is 2.52 bits per heavy atom. The topological polar surface area (TPSA) is 69.2 Å². The van der Waals surface area contributed by atoms with Crippen molar-refractivity contribution < 1.29 is 14.3 Å². The van der Waals surface area contributed by atoms with Crippen molar-refractivity contribution in [3.8, 4) is 0 Å². The predicted octanol–water partition coefficient (Wildman–Crippen LogP) is 3.40. The van der Waals surface area contributed by atoms with Crippen molar-refractivity contribution >= 4 is 35.6 Å². The summed E-state index contributed by atoms with van der Waals surface area (Å²) in [6.45, 7) is 0.375. The summed E-state index contributed by atoms with van der Waals surface area (Å²) in [5, 5.41) is 0.917. The fourth-order valence-electron chi connectivity index (χ4n) is 2.19. The number of carbonyl (C=O) groups is 2. The molecule has 5 nitrogen and oxygen atoms in total. The minimum atomic E-state index is 0.129. The first kappa shape index (κ1) is 17.9. The van der Waals surface area contributed by atoms with E-state index in [2.05, 4.69) is 14.7 Å². The van der Waals surface area contributed by atoms with Crippen molar-refractivity contribution in [1.82, 2.24) is 9.97 Å². The van der Waals surface area contributed by atoms with Gasteiger partial charge in [0, 0.05) is 12.0 Å². The lowest BCUT2D eigenvalue weighted by Crippen LogP contribution is -2.19. The molecule has 1 aliphatic rings. The molecule has 1 heterocycles. The average molecular weight is 331 g/mol. The molecule has 1 aliphatic carbocycles. The van der Waals surface area contributed by atoms with Crippen LogP contribution in [-0.4, -0.2) is 35.6 Å². The highest BCUT2D eigenvalue weighted by atomic mass is 35.5. The van der Waals surface area contributed by atoms with Crippen molar-refractivity contribution in [2.75, 3.05) is 13.4 Å². The van der Waals surface area contributed by atoms with Crippen LogP contribution in [0.4, 0.5) is 0 Å². The van der Waals surface area contributed by atoms with E-state index in [0.717, 1.165) is 25.7 Å². The van der Waals surface area contributed by atoms with Crippen molar-refractivity contribution in [3.63, 3.8) is 0 Å². The third-order valence-corrected chi connectivity index (χ3v) is 3.92. The molecule has 0 spiro atoms. The van der Waals surface area contributed by atoms with E-state index < -0.39 is 0 Å². The Hall–Kier alpha value is -1.14. The Labute approximate surface area is 133 Å². The molecule has 116 valence electrons. The Morgan fingerprint density at radius 2 is 2.00 bits per heavy atom. The molecule has 0 amide bonds. The first-order valence-electron chi connectivity index (χ1n) is 6.71. The number of nitrogens with zero attached hydrogens (tertiary/aromatic N) is 2. The van der Waals surface area contributed by atoms with Gasteiger partial charge < -0.3 is 4.74 Å². The molecule has 0 unspecified atom stereocenters. The maximum Gasteiger partial charge on any atom is 0.292 e. The van der Waals surface area contributed by atoms with E-state index >= 15 is 0 Å². The lowest BCUT2D eigenvalue weighted by atomic mass is 9.85. The minimum Gasteiger partial charge on any atom is -0.471 e. The van der Waals surface area contributed by atoms with Crippen molar-refractivity contribution in [3.05, 3.63) is 16.9 Å². The molecular formula is C14H19ClN2O3S. The molecule has 0 radical (unpaired) electrons. The zero-order valence-electron chi connectivity index (χ0n) is 12.2. The number of ketones is 1. The van der Waals surface area contributed by atoms with Crippen LogP contribution in [-0.2, 0) is 9.53 Å². The standard InChI is InChI=1S/C12H15ClN2OS.C2H4O2/c1-17-12-14-9(7-10(13)15-12)11(16)8-5-3-2-4-6-8;1-4-2-3/h7-8H,2-6H2,1H3;2H,1H3. The molecule has 1 saturated carbocycles. The summed E-state index contributed by atoms with van der Waals surface area (Å²) in [6.07, 6.45) is 7.37. The van der Waals surface area contributed by atoms with Gasteiger partial charge in [-0.3, -0.25) is 9.59 Å². The van der Waals surface area contributed by atoms with Gasteiger partial charge >= 0.3 is 0 Å². The average Bonchev–Trinajstić information content (AvgIpc) is 2.54. The fourth-order valence-corrected chi connectivity index (χ4v) is 2.80. The Kier molecular flexibility index (Phi) is 8.30. The van der Waals surface area contributed by atoms with Crippen LogP contribution < -0.4 is 0 Å². The lowest BCUT2D eigenvalue weighted by molar-refractivity contribution is -0.126. The summed E-state index contributed by atoms with van der Waals surface area (Å²) in [5.74, 6) is 0.258. The van der Waals surface area contributed by atoms with Crippen LogP contribution in [0.25, 0.3) is 0 Å². The molecule has 0 aliphatic heterocycles. The van der Waals surface area contributed by atoms with Gasteiger partial charge in [0.2, 0.25) is 0 Å². The van der Waals surface area contributed by atoms with Gasteiger partial charge in [-0.15, -0.1) is 0 Å². The smallest absolute Gasteiger partial charge is 0.292 e. The summed E-state index contributed by atoms with van der Waals surface area (Å²) in [6, 6.07) is 1.58. The molecule has 7 heteroatoms. The van der Waals surface area contributed by atoms with Gasteiger partial charge in [0.1, 0.15) is 10.8 Å². The highest BCUT2D eigenvalue weighted by Gasteiger charge is 2.24. The number of carbonyl (C=O) groups excluding carboxylic acids is 2. The van der Waals surface area contributed by atoms with E-state index in [-0.39, 0.29) is 11.7 Å². The van der Waals surface area contributed by atoms with E-state index in [0.29, 0.717) is 22.5 Å². The number of ether oxygens (including phenoxy) is 1. The van der Waals surface area contributed by atoms with Crippen LogP contribution in [0.15, 0.2) is 11.2 Å². The predicted molar refractivity (Wildman–Crippen MR) is 82.8 cm³/mol. The van der Waals surface area contributed by atoms with Gasteiger partial charge in [-0.05, 0) is 19.1 Å². The second-order valence-electron chi connectivity index (χ2n) is 4.59. The number of hydrogen-bond donors (Lipinski definition) is 0. The Morgan fingerprint density at radius 1 is 1.38 bits per heavy atom. The molecule has 1 fully saturated rings. The second-order valence-corrected chi connectivity index (χ2v) is 5.75. The molecule has 21 heavy (non-hydrogen) atoms. The third-order valence-electron chi connectivity index (χ3n) is 3.18. The minimum absolute atomic E-state index is 0.129. The number of Topliss-reactive ketones (excluding diaryl/α,β-unsaturated/α-hetero) is 1. The maximum absolute atomic E-state index is 12.3. The zero-order chi connectivity index (χ0) is 15.7. The number of thioether (sulfide) groups is 1. The van der Waals surface area contributed by atoms with Crippen molar-refractivity contribution in [1.29, 1.82) is 0 Å². The summed E-state index contributed by atoms with van der Waals surface area (Å²) in [5.41, 5.74) is 0.473. The largest absolute Gasteiger partial charge is 0.471 e. The Balaban J connectivity index is 0.000000491. The van der Waals surface area contributed by atoms with Gasteiger partial charge in [-0.25, -0.2) is 9.97 Å². The second kappa shape index (κ2) is 9.73. The number of halogens is 1. The normalized spacial score (nSPS) is 14.8. The number of aromatic nitrogens is 2. The third kappa shape index (κ3) is 6.01. The fraction of sp³-hybridized carbons (Fsp3) is 0.571. The summed E-state index contributed by atoms with van der Waals surface area (Å²) >= 11 is 7.30. The highest BCUT2D eigenvalue weighted by molar-refractivity contribution is 7.98. The summed E-state index contributed by atoms with van der Waals surface area (Å²) < 4.78 is 3.86. The first-order chi connectivity index (χ1) is 10.1. The van der Waals surface area contributed by atoms with Gasteiger partial charge in [-0.2, -0.15) is 0 Å². The molecule has 0 aromatic carbocycles. The molecule has 0 saturated heterocycles. The van der Waals surface area contributed by atoms with E-state index in [4.69, 9.17) is 16.4 Å². The van der Waals surface area contributed by atoms with Crippen LogP contribution >= 0.6 is 23.4 Å². The monoisotopic (exact) mass is 330 g/mol. The van der Waals surface area contributed by atoms with Crippen LogP contribution in [0.1, 0.15) is 42.6 Å². The first-order valence-corrected chi connectivity index (χ1v) is 8.31. The summed E-state index contributed by atoms with van der Waals surface area (Å²) in [4.78, 5) is 29.5. The van der Waals surface area contributed by atoms with E-state index in [1.54, 1.807) is 6.07 Å². The maximum atomic E-state index is 12.3. The molecule has 0 atom stereocenters. The highest BCUT2D eigenvalue weighted by Crippen LogP contribution is 2.27. The van der Waals surface area contributed by atoms with Crippen LogP contribution in [0.2, 0.25) is 5.15 Å². The van der Waals surface area contributed by atoms with Crippen molar-refractivity contribution in [2.45, 2.75) is 37.3 Å². The molecule has 0 N–H and O–H groups in total. The Bertz CT molecular complexity index is 479.